The third-order valence-electron chi connectivity index (χ3n) is 2.71. The van der Waals surface area contributed by atoms with Gasteiger partial charge < -0.3 is 10.4 Å². The Hall–Kier alpha value is -1.66. The fourth-order valence-corrected chi connectivity index (χ4v) is 3.25. The van der Waals surface area contributed by atoms with Crippen molar-refractivity contribution < 1.29 is 14.7 Å². The van der Waals surface area contributed by atoms with Crippen molar-refractivity contribution in [2.45, 2.75) is 12.5 Å². The van der Waals surface area contributed by atoms with Gasteiger partial charge in [0.1, 0.15) is 4.88 Å². The quantitative estimate of drug-likeness (QED) is 0.864. The number of hydrogen-bond donors (Lipinski definition) is 2. The Morgan fingerprint density at radius 3 is 2.50 bits per heavy atom. The van der Waals surface area contributed by atoms with Gasteiger partial charge in [0.2, 0.25) is 0 Å². The summed E-state index contributed by atoms with van der Waals surface area (Å²) in [6.07, 6.45) is -0.154. The summed E-state index contributed by atoms with van der Waals surface area (Å²) >= 11 is 4.60. The molecular formula is C14H12BrNO3S. The molecule has 1 aromatic carbocycles. The van der Waals surface area contributed by atoms with Crippen molar-refractivity contribution in [3.05, 3.63) is 56.7 Å². The summed E-state index contributed by atoms with van der Waals surface area (Å²) in [5.74, 6) is -1.23. The maximum atomic E-state index is 12.2. The number of hydrogen-bond acceptors (Lipinski definition) is 3. The topological polar surface area (TPSA) is 66.4 Å². The average molecular weight is 354 g/mol. The van der Waals surface area contributed by atoms with E-state index >= 15 is 0 Å². The number of rotatable bonds is 5. The van der Waals surface area contributed by atoms with Crippen molar-refractivity contribution in [3.63, 3.8) is 0 Å². The zero-order chi connectivity index (χ0) is 14.5. The van der Waals surface area contributed by atoms with E-state index in [2.05, 4.69) is 21.2 Å². The predicted octanol–water partition coefficient (Wildman–Crippen LogP) is 3.46. The molecule has 0 saturated heterocycles. The Kier molecular flexibility index (Phi) is 4.92. The van der Waals surface area contributed by atoms with E-state index in [1.807, 2.05) is 18.2 Å². The van der Waals surface area contributed by atoms with Crippen molar-refractivity contribution in [3.8, 4) is 0 Å². The van der Waals surface area contributed by atoms with Gasteiger partial charge in [0.15, 0.2) is 0 Å². The molecule has 4 nitrogen and oxygen atoms in total. The van der Waals surface area contributed by atoms with Gasteiger partial charge in [0, 0.05) is 4.47 Å². The first-order chi connectivity index (χ1) is 9.58. The molecule has 1 amide bonds. The monoisotopic (exact) mass is 353 g/mol. The number of halogens is 1. The van der Waals surface area contributed by atoms with Gasteiger partial charge in [-0.3, -0.25) is 9.59 Å². The molecule has 0 fully saturated rings. The molecule has 0 saturated carbocycles. The zero-order valence-corrected chi connectivity index (χ0v) is 12.8. The SMILES string of the molecule is O=C(O)CC(NC(=O)c1sccc1Br)c1ccccc1. The first-order valence-electron chi connectivity index (χ1n) is 5.88. The van der Waals surface area contributed by atoms with E-state index in [4.69, 9.17) is 5.11 Å². The highest BCUT2D eigenvalue weighted by molar-refractivity contribution is 9.10. The lowest BCUT2D eigenvalue weighted by molar-refractivity contribution is -0.137. The lowest BCUT2D eigenvalue weighted by Gasteiger charge is -2.17. The Bertz CT molecular complexity index is 612. The van der Waals surface area contributed by atoms with E-state index in [9.17, 15) is 9.59 Å². The molecule has 1 aromatic heterocycles. The van der Waals surface area contributed by atoms with Crippen LogP contribution in [0.3, 0.4) is 0 Å². The zero-order valence-electron chi connectivity index (χ0n) is 10.4. The minimum absolute atomic E-state index is 0.154. The van der Waals surface area contributed by atoms with Crippen LogP contribution in [0.1, 0.15) is 27.7 Å². The van der Waals surface area contributed by atoms with Gasteiger partial charge in [-0.05, 0) is 32.9 Å². The van der Waals surface area contributed by atoms with Gasteiger partial charge in [-0.15, -0.1) is 11.3 Å². The lowest BCUT2D eigenvalue weighted by atomic mass is 10.0. The van der Waals surface area contributed by atoms with Gasteiger partial charge >= 0.3 is 5.97 Å². The number of carbonyl (C=O) groups is 2. The standard InChI is InChI=1S/C14H12BrNO3S/c15-10-6-7-20-13(10)14(19)16-11(8-12(17)18)9-4-2-1-3-5-9/h1-7,11H,8H2,(H,16,19)(H,17,18). The highest BCUT2D eigenvalue weighted by Gasteiger charge is 2.20. The number of benzene rings is 1. The highest BCUT2D eigenvalue weighted by atomic mass is 79.9. The summed E-state index contributed by atoms with van der Waals surface area (Å²) in [4.78, 5) is 23.7. The summed E-state index contributed by atoms with van der Waals surface area (Å²) in [5, 5.41) is 13.6. The van der Waals surface area contributed by atoms with Gasteiger partial charge in [-0.1, -0.05) is 30.3 Å². The van der Waals surface area contributed by atoms with Crippen LogP contribution in [-0.2, 0) is 4.79 Å². The van der Waals surface area contributed by atoms with Gasteiger partial charge in [-0.2, -0.15) is 0 Å². The lowest BCUT2D eigenvalue weighted by Crippen LogP contribution is -2.29. The van der Waals surface area contributed by atoms with Crippen LogP contribution in [-0.4, -0.2) is 17.0 Å². The third kappa shape index (κ3) is 3.68. The summed E-state index contributed by atoms with van der Waals surface area (Å²) in [7, 11) is 0. The van der Waals surface area contributed by atoms with Gasteiger partial charge in [0.05, 0.1) is 12.5 Å². The van der Waals surface area contributed by atoms with E-state index in [1.54, 1.807) is 23.6 Å². The fraction of sp³-hybridized carbons (Fsp3) is 0.143. The molecular weight excluding hydrogens is 342 g/mol. The molecule has 2 rings (SSSR count). The highest BCUT2D eigenvalue weighted by Crippen LogP contribution is 2.24. The van der Waals surface area contributed by atoms with Crippen molar-refractivity contribution in [2.24, 2.45) is 0 Å². The minimum Gasteiger partial charge on any atom is -0.481 e. The Balaban J connectivity index is 2.18. The van der Waals surface area contributed by atoms with Crippen molar-refractivity contribution >= 4 is 39.1 Å². The van der Waals surface area contributed by atoms with Crippen molar-refractivity contribution in [1.29, 1.82) is 0 Å². The number of amides is 1. The molecule has 0 spiro atoms. The Morgan fingerprint density at radius 1 is 1.25 bits per heavy atom. The third-order valence-corrected chi connectivity index (χ3v) is 4.55. The summed E-state index contributed by atoms with van der Waals surface area (Å²) in [5.41, 5.74) is 0.774. The fourth-order valence-electron chi connectivity index (χ4n) is 1.79. The second-order valence-electron chi connectivity index (χ2n) is 4.13. The van der Waals surface area contributed by atoms with E-state index in [-0.39, 0.29) is 12.3 Å². The first-order valence-corrected chi connectivity index (χ1v) is 7.56. The molecule has 0 aliphatic carbocycles. The summed E-state index contributed by atoms with van der Waals surface area (Å²) < 4.78 is 0.710. The smallest absolute Gasteiger partial charge is 0.305 e. The number of carboxylic acid groups (broad SMARTS) is 1. The minimum atomic E-state index is -0.954. The maximum absolute atomic E-state index is 12.2. The largest absolute Gasteiger partial charge is 0.481 e. The van der Waals surface area contributed by atoms with Gasteiger partial charge in [-0.25, -0.2) is 0 Å². The van der Waals surface area contributed by atoms with Crippen LogP contribution < -0.4 is 5.32 Å². The number of nitrogens with one attached hydrogen (secondary N) is 1. The molecule has 1 unspecified atom stereocenters. The van der Waals surface area contributed by atoms with E-state index < -0.39 is 12.0 Å². The summed E-state index contributed by atoms with van der Waals surface area (Å²) in [6, 6.07) is 10.3. The van der Waals surface area contributed by atoms with E-state index in [0.717, 1.165) is 5.56 Å². The summed E-state index contributed by atoms with van der Waals surface area (Å²) in [6.45, 7) is 0. The van der Waals surface area contributed by atoms with Crippen LogP contribution >= 0.6 is 27.3 Å². The van der Waals surface area contributed by atoms with Crippen molar-refractivity contribution in [1.82, 2.24) is 5.32 Å². The number of carbonyl (C=O) groups excluding carboxylic acids is 1. The molecule has 104 valence electrons. The number of carboxylic acids is 1. The normalized spacial score (nSPS) is 11.8. The molecule has 2 N–H and O–H groups in total. The molecule has 2 aromatic rings. The van der Waals surface area contributed by atoms with Crippen LogP contribution in [0.5, 0.6) is 0 Å². The maximum Gasteiger partial charge on any atom is 0.305 e. The molecule has 0 aliphatic rings. The molecule has 1 heterocycles. The Labute approximate surface area is 128 Å². The number of thiophene rings is 1. The second-order valence-corrected chi connectivity index (χ2v) is 5.90. The average Bonchev–Trinajstić information content (AvgIpc) is 2.85. The van der Waals surface area contributed by atoms with Crippen LogP contribution in [0.2, 0.25) is 0 Å². The number of aliphatic carboxylic acids is 1. The van der Waals surface area contributed by atoms with Crippen LogP contribution in [0.4, 0.5) is 0 Å². The van der Waals surface area contributed by atoms with Crippen molar-refractivity contribution in [2.75, 3.05) is 0 Å². The Morgan fingerprint density at radius 2 is 1.95 bits per heavy atom. The molecule has 6 heteroatoms. The predicted molar refractivity (Wildman–Crippen MR) is 80.9 cm³/mol. The molecule has 20 heavy (non-hydrogen) atoms. The molecule has 1 atom stereocenters. The van der Waals surface area contributed by atoms with Crippen LogP contribution in [0.15, 0.2) is 46.3 Å². The first kappa shape index (κ1) is 14.7. The molecule has 0 bridgehead atoms. The van der Waals surface area contributed by atoms with Gasteiger partial charge in [0.25, 0.3) is 5.91 Å². The van der Waals surface area contributed by atoms with E-state index in [1.165, 1.54) is 11.3 Å². The molecule has 0 radical (unpaired) electrons. The van der Waals surface area contributed by atoms with Crippen LogP contribution in [0, 0.1) is 0 Å². The molecule has 0 aliphatic heterocycles. The van der Waals surface area contributed by atoms with Crippen LogP contribution in [0.25, 0.3) is 0 Å². The second kappa shape index (κ2) is 6.67. The van der Waals surface area contributed by atoms with E-state index in [0.29, 0.717) is 9.35 Å².